The molecule has 0 fully saturated rings. The summed E-state index contributed by atoms with van der Waals surface area (Å²) >= 11 is 0. The van der Waals surface area contributed by atoms with E-state index in [-0.39, 0.29) is 0 Å². The highest BCUT2D eigenvalue weighted by atomic mass is 14.8. The van der Waals surface area contributed by atoms with Gasteiger partial charge in [0.25, 0.3) is 0 Å². The van der Waals surface area contributed by atoms with Crippen LogP contribution in [-0.2, 0) is 51.4 Å². The molecule has 4 aliphatic rings. The number of aryl methyl sites for hydroxylation is 8. The number of rotatable bonds is 18. The van der Waals surface area contributed by atoms with Crippen molar-refractivity contribution < 1.29 is 0 Å². The monoisotopic (exact) mass is 1170 g/mol. The van der Waals surface area contributed by atoms with Crippen molar-refractivity contribution in [3.8, 4) is 23.7 Å². The third kappa shape index (κ3) is 11.2. The first-order valence-electron chi connectivity index (χ1n) is 33.8. The molecule has 0 radical (unpaired) electrons. The lowest BCUT2D eigenvalue weighted by molar-refractivity contribution is 1.07. The maximum Gasteiger partial charge on any atom is 0.0766 e. The molecule has 4 N–H and O–H groups in total. The molecular weight excluding hydrogens is 1070 g/mol. The Bertz CT molecular complexity index is 4330. The van der Waals surface area contributed by atoms with Crippen molar-refractivity contribution >= 4 is 101 Å². The van der Waals surface area contributed by atoms with Gasteiger partial charge in [0, 0.05) is 49.7 Å². The van der Waals surface area contributed by atoms with E-state index in [2.05, 4.69) is 203 Å². The Balaban J connectivity index is 1.18. The zero-order chi connectivity index (χ0) is 62.5. The van der Waals surface area contributed by atoms with Gasteiger partial charge in [0.1, 0.15) is 0 Å². The third-order valence-electron chi connectivity index (χ3n) is 19.2. The molecule has 0 amide bonds. The van der Waals surface area contributed by atoms with E-state index in [1.54, 1.807) is 0 Å². The van der Waals surface area contributed by atoms with Crippen LogP contribution in [0.4, 0.5) is 0 Å². The topological polar surface area (TPSA) is 115 Å². The van der Waals surface area contributed by atoms with Crippen LogP contribution in [0.1, 0.15) is 263 Å². The molecule has 6 aromatic rings. The van der Waals surface area contributed by atoms with Crippen LogP contribution in [0.25, 0.3) is 101 Å². The van der Waals surface area contributed by atoms with Crippen molar-refractivity contribution in [2.45, 2.75) is 214 Å². The minimum atomic E-state index is 0.842. The second-order valence-corrected chi connectivity index (χ2v) is 23.4. The van der Waals surface area contributed by atoms with Crippen LogP contribution in [0.2, 0.25) is 0 Å². The van der Waals surface area contributed by atoms with Crippen molar-refractivity contribution in [3.63, 3.8) is 0 Å². The maximum atomic E-state index is 5.66. The molecule has 0 aromatic carbocycles. The lowest BCUT2D eigenvalue weighted by Gasteiger charge is -2.09. The summed E-state index contributed by atoms with van der Waals surface area (Å²) in [5.74, 6) is 13.2. The molecule has 88 heavy (non-hydrogen) atoms. The van der Waals surface area contributed by atoms with E-state index >= 15 is 0 Å². The lowest BCUT2D eigenvalue weighted by Crippen LogP contribution is -1.94. The third-order valence-corrected chi connectivity index (χ3v) is 19.2. The summed E-state index contributed by atoms with van der Waals surface area (Å²) in [5.41, 5.74) is 40.4. The molecule has 0 spiro atoms. The van der Waals surface area contributed by atoms with Gasteiger partial charge in [-0.25, -0.2) is 19.9 Å². The van der Waals surface area contributed by atoms with E-state index in [1.165, 1.54) is 100 Å². The van der Waals surface area contributed by atoms with Crippen molar-refractivity contribution in [1.29, 1.82) is 0 Å². The summed E-state index contributed by atoms with van der Waals surface area (Å²) in [6, 6.07) is 14.0. The first kappa shape index (κ1) is 62.8. The first-order chi connectivity index (χ1) is 42.9. The van der Waals surface area contributed by atoms with Crippen molar-refractivity contribution in [2.75, 3.05) is 0 Å². The van der Waals surface area contributed by atoms with Gasteiger partial charge in [-0.3, -0.25) is 0 Å². The number of hydrogen-bond acceptors (Lipinski definition) is 4. The van der Waals surface area contributed by atoms with Crippen LogP contribution in [0.15, 0.2) is 48.6 Å². The van der Waals surface area contributed by atoms with Gasteiger partial charge in [0.05, 0.1) is 51.1 Å². The zero-order valence-corrected chi connectivity index (χ0v) is 55.9. The molecule has 10 heterocycles. The number of hydrogen-bond donors (Lipinski definition) is 4. The normalized spacial score (nSPS) is 13.5. The highest BCUT2D eigenvalue weighted by Gasteiger charge is 2.28. The Labute approximate surface area is 524 Å². The number of nitrogens with one attached hydrogen (secondary N) is 4. The van der Waals surface area contributed by atoms with Crippen LogP contribution in [0.3, 0.4) is 0 Å². The summed E-state index contributed by atoms with van der Waals surface area (Å²) in [7, 11) is 0. The summed E-state index contributed by atoms with van der Waals surface area (Å²) in [6.07, 6.45) is 22.6. The SMILES string of the molecule is CCC1=C(CC)c2cc3[nH]c(c(/C=C/C#CC#C/C=C/c4c5nc(cc6[nH]c(cc7[nH]c(cc8nc4C(CC)=C8CC)c(CC)c7CC)c(CC)c6CC)C(CC)=C5CC)c4nc(cc5[nH]c(cc1n2)c(CC)c5CC)C(CC)=C4CC)c(CC)c3CC. The molecule has 0 saturated heterocycles. The number of H-pyrrole nitrogens is 4. The predicted octanol–water partition coefficient (Wildman–Crippen LogP) is 21.1. The number of allylic oxidation sites excluding steroid dienone is 10. The van der Waals surface area contributed by atoms with Crippen LogP contribution in [0.5, 0.6) is 0 Å². The Morgan fingerprint density at radius 3 is 0.830 bits per heavy atom. The summed E-state index contributed by atoms with van der Waals surface area (Å²) < 4.78 is 0. The second kappa shape index (κ2) is 27.5. The fraction of sp³-hybridized carbons (Fsp3) is 0.400. The molecule has 0 aliphatic carbocycles. The van der Waals surface area contributed by atoms with Crippen LogP contribution < -0.4 is 0 Å². The number of aromatic amines is 4. The zero-order valence-electron chi connectivity index (χ0n) is 55.9. The van der Waals surface area contributed by atoms with E-state index in [0.717, 1.165) is 193 Å². The van der Waals surface area contributed by atoms with Gasteiger partial charge in [-0.1, -0.05) is 123 Å². The standard InChI is InChI=1S/C80H94N8/c1-17-47-51(21-5)69-43-73-55(25-9)59(29-13)77(85-73)63(78-60(30-14)56(26-10)74(86-78)44-70-52(22-6)48(18-2)66(82-70)41-65(47)81-69)39-37-35-33-34-36-38-40-64-79-61(31-15)57(27-11)75(87-79)45-71-53(23-7)49(19-3)67(83-71)42-68-50(20-4)54(24-8)72(84-68)46-76-58(28-12)62(32-16)80(64)88-76/h37-46,81-83,88H,17-32H2,1-16H3/b39-37+,40-38+,65-41?,66-41?,67-42?,68-42?,69-43?,70-44?,71-45?,72-46?,73-43?,74-44?,75-45?,76-46?,77-63?,78-63?,79-64?,80-64?. The molecule has 6 aromatic heterocycles. The Hall–Kier alpha value is -8.20. The fourth-order valence-corrected chi connectivity index (χ4v) is 15.2. The number of aromatic nitrogens is 8. The second-order valence-electron chi connectivity index (χ2n) is 23.4. The summed E-state index contributed by atoms with van der Waals surface area (Å²) in [5, 5.41) is 0. The Morgan fingerprint density at radius 1 is 0.273 bits per heavy atom. The fourth-order valence-electron chi connectivity index (χ4n) is 15.2. The summed E-state index contributed by atoms with van der Waals surface area (Å²) in [6.45, 7) is 36.3. The molecule has 8 nitrogen and oxygen atoms in total. The molecule has 8 heteroatoms. The highest BCUT2D eigenvalue weighted by molar-refractivity contribution is 6.01. The van der Waals surface area contributed by atoms with Crippen LogP contribution in [-0.4, -0.2) is 39.9 Å². The molecule has 0 unspecified atom stereocenters. The molecule has 454 valence electrons. The van der Waals surface area contributed by atoms with Gasteiger partial charge >= 0.3 is 0 Å². The Kier molecular flexibility index (Phi) is 19.6. The van der Waals surface area contributed by atoms with E-state index in [9.17, 15) is 0 Å². The van der Waals surface area contributed by atoms with E-state index < -0.39 is 0 Å². The van der Waals surface area contributed by atoms with Crippen molar-refractivity contribution in [2.24, 2.45) is 0 Å². The van der Waals surface area contributed by atoms with Gasteiger partial charge < -0.3 is 19.9 Å². The van der Waals surface area contributed by atoms with E-state index in [0.29, 0.717) is 0 Å². The van der Waals surface area contributed by atoms with Crippen molar-refractivity contribution in [3.05, 3.63) is 150 Å². The molecular formula is C80H94N8. The minimum Gasteiger partial charge on any atom is -0.355 e. The van der Waals surface area contributed by atoms with E-state index in [4.69, 9.17) is 19.9 Å². The van der Waals surface area contributed by atoms with Crippen LogP contribution in [0, 0.1) is 23.7 Å². The van der Waals surface area contributed by atoms with Crippen LogP contribution >= 0.6 is 0 Å². The lowest BCUT2D eigenvalue weighted by atomic mass is 9.93. The van der Waals surface area contributed by atoms with Gasteiger partial charge in [0.15, 0.2) is 0 Å². The largest absolute Gasteiger partial charge is 0.355 e. The number of fused-ring (bicyclic) bond motifs is 16. The minimum absolute atomic E-state index is 0.842. The van der Waals surface area contributed by atoms with Gasteiger partial charge in [-0.2, -0.15) is 0 Å². The average molecular weight is 1170 g/mol. The maximum absolute atomic E-state index is 5.66. The quantitative estimate of drug-likeness (QED) is 0.0642. The molecule has 0 atom stereocenters. The highest BCUT2D eigenvalue weighted by Crippen LogP contribution is 2.44. The number of nitrogens with zero attached hydrogens (tertiary/aromatic N) is 4. The molecule has 0 saturated carbocycles. The van der Waals surface area contributed by atoms with Gasteiger partial charge in [-0.05, 0) is 264 Å². The first-order valence-corrected chi connectivity index (χ1v) is 33.8. The predicted molar refractivity (Wildman–Crippen MR) is 380 cm³/mol. The summed E-state index contributed by atoms with van der Waals surface area (Å²) in [4.78, 5) is 38.2. The van der Waals surface area contributed by atoms with Crippen molar-refractivity contribution in [1.82, 2.24) is 39.9 Å². The molecule has 4 aliphatic heterocycles. The van der Waals surface area contributed by atoms with Gasteiger partial charge in [0.2, 0.25) is 0 Å². The molecule has 16 bridgehead atoms. The smallest absolute Gasteiger partial charge is 0.0766 e. The Morgan fingerprint density at radius 2 is 0.523 bits per heavy atom. The average Bonchev–Trinajstić information content (AvgIpc) is 2.56. The molecule has 10 rings (SSSR count). The van der Waals surface area contributed by atoms with Gasteiger partial charge in [-0.15, -0.1) is 0 Å². The van der Waals surface area contributed by atoms with E-state index in [1.807, 2.05) is 12.2 Å².